The van der Waals surface area contributed by atoms with Crippen molar-refractivity contribution in [2.45, 2.75) is 64.0 Å². The molecule has 1 aromatic rings. The summed E-state index contributed by atoms with van der Waals surface area (Å²) in [5.41, 5.74) is 5.96. The molecule has 3 rings (SSSR count). The van der Waals surface area contributed by atoms with Crippen LogP contribution in [-0.4, -0.2) is 27.2 Å². The summed E-state index contributed by atoms with van der Waals surface area (Å²) in [7, 11) is 0. The Bertz CT molecular complexity index is 498. The van der Waals surface area contributed by atoms with Crippen molar-refractivity contribution in [3.63, 3.8) is 0 Å². The second-order valence-corrected chi connectivity index (χ2v) is 6.60. The number of amides is 1. The fourth-order valence-corrected chi connectivity index (χ4v) is 3.39. The van der Waals surface area contributed by atoms with Crippen molar-refractivity contribution in [3.8, 4) is 0 Å². The first-order valence-corrected chi connectivity index (χ1v) is 8.08. The maximum atomic E-state index is 12.2. The molecule has 0 atom stereocenters. The normalized spacial score (nSPS) is 19.3. The zero-order valence-electron chi connectivity index (χ0n) is 13.4. The van der Waals surface area contributed by atoms with Crippen molar-refractivity contribution < 1.29 is 4.79 Å². The summed E-state index contributed by atoms with van der Waals surface area (Å²) >= 11 is 0. The molecule has 0 bridgehead atoms. The molecule has 2 fully saturated rings. The fraction of sp³-hybridized carbons (Fsp3) is 0.800. The van der Waals surface area contributed by atoms with Gasteiger partial charge in [-0.1, -0.05) is 19.3 Å². The van der Waals surface area contributed by atoms with Crippen LogP contribution in [0.5, 0.6) is 0 Å². The van der Waals surface area contributed by atoms with E-state index in [0.717, 1.165) is 18.7 Å². The molecule has 0 aliphatic heterocycles. The molecule has 0 aromatic carbocycles. The van der Waals surface area contributed by atoms with Gasteiger partial charge in [-0.25, -0.2) is 0 Å². The second kappa shape index (κ2) is 8.85. The predicted molar refractivity (Wildman–Crippen MR) is 93.8 cm³/mol. The van der Waals surface area contributed by atoms with Crippen LogP contribution in [0, 0.1) is 5.41 Å². The van der Waals surface area contributed by atoms with Gasteiger partial charge in [-0.2, -0.15) is 0 Å². The smallest absolute Gasteiger partial charge is 0.220 e. The molecule has 1 amide bonds. The van der Waals surface area contributed by atoms with E-state index in [4.69, 9.17) is 5.73 Å². The van der Waals surface area contributed by atoms with E-state index < -0.39 is 0 Å². The number of carbonyl (C=O) groups is 1. The number of hydrogen-bond acceptors (Lipinski definition) is 4. The maximum absolute atomic E-state index is 12.2. The molecule has 8 heteroatoms. The molecular formula is C15H27Cl2N5O. The van der Waals surface area contributed by atoms with Gasteiger partial charge in [0.2, 0.25) is 5.91 Å². The summed E-state index contributed by atoms with van der Waals surface area (Å²) in [6.45, 7) is 1.08. The number of nitrogens with one attached hydrogen (secondary N) is 1. The summed E-state index contributed by atoms with van der Waals surface area (Å²) < 4.78 is 2.08. The highest BCUT2D eigenvalue weighted by molar-refractivity contribution is 5.85. The molecule has 23 heavy (non-hydrogen) atoms. The standard InChI is InChI=1S/C15H25N5O.2ClH/c16-10-15(6-2-1-3-7-15)8-14(21)17-9-13-19-18-11-20(13)12-4-5-12;;/h11-12H,1-10,16H2,(H,17,21);2*1H. The van der Waals surface area contributed by atoms with Crippen molar-refractivity contribution in [3.05, 3.63) is 12.2 Å². The van der Waals surface area contributed by atoms with Crippen molar-refractivity contribution >= 4 is 30.7 Å². The highest BCUT2D eigenvalue weighted by Crippen LogP contribution is 2.38. The van der Waals surface area contributed by atoms with Gasteiger partial charge in [-0.05, 0) is 37.6 Å². The molecule has 0 unspecified atom stereocenters. The van der Waals surface area contributed by atoms with Crippen LogP contribution in [0.15, 0.2) is 6.33 Å². The molecule has 1 heterocycles. The van der Waals surface area contributed by atoms with Crippen molar-refractivity contribution in [1.82, 2.24) is 20.1 Å². The highest BCUT2D eigenvalue weighted by Gasteiger charge is 2.33. The third-order valence-corrected chi connectivity index (χ3v) is 4.91. The van der Waals surface area contributed by atoms with Gasteiger partial charge < -0.3 is 15.6 Å². The Labute approximate surface area is 149 Å². The van der Waals surface area contributed by atoms with E-state index in [1.165, 1.54) is 32.1 Å². The molecule has 0 radical (unpaired) electrons. The van der Waals surface area contributed by atoms with E-state index in [-0.39, 0.29) is 36.1 Å². The van der Waals surface area contributed by atoms with Crippen LogP contribution in [0.1, 0.15) is 63.2 Å². The van der Waals surface area contributed by atoms with Gasteiger partial charge in [-0.3, -0.25) is 4.79 Å². The van der Waals surface area contributed by atoms with E-state index in [9.17, 15) is 4.79 Å². The average Bonchev–Trinajstić information content (AvgIpc) is 3.24. The summed E-state index contributed by atoms with van der Waals surface area (Å²) in [5.74, 6) is 0.948. The van der Waals surface area contributed by atoms with Crippen molar-refractivity contribution in [2.75, 3.05) is 6.54 Å². The number of nitrogens with two attached hydrogens (primary N) is 1. The third kappa shape index (κ3) is 5.06. The summed E-state index contributed by atoms with van der Waals surface area (Å²) in [4.78, 5) is 12.2. The lowest BCUT2D eigenvalue weighted by molar-refractivity contribution is -0.124. The first-order chi connectivity index (χ1) is 10.2. The quantitative estimate of drug-likeness (QED) is 0.812. The van der Waals surface area contributed by atoms with Gasteiger partial charge in [0.25, 0.3) is 0 Å². The highest BCUT2D eigenvalue weighted by atomic mass is 35.5. The lowest BCUT2D eigenvalue weighted by Gasteiger charge is -2.35. The van der Waals surface area contributed by atoms with Crippen molar-refractivity contribution in [2.24, 2.45) is 11.1 Å². The van der Waals surface area contributed by atoms with Crippen LogP contribution in [0.2, 0.25) is 0 Å². The Kier molecular flexibility index (Phi) is 7.77. The van der Waals surface area contributed by atoms with Crippen LogP contribution >= 0.6 is 24.8 Å². The minimum Gasteiger partial charge on any atom is -0.349 e. The van der Waals surface area contributed by atoms with E-state index in [2.05, 4.69) is 20.1 Å². The lowest BCUT2D eigenvalue weighted by atomic mass is 9.71. The van der Waals surface area contributed by atoms with Crippen LogP contribution in [0.3, 0.4) is 0 Å². The molecule has 6 nitrogen and oxygen atoms in total. The zero-order valence-corrected chi connectivity index (χ0v) is 15.0. The van der Waals surface area contributed by atoms with Crippen LogP contribution in [0.25, 0.3) is 0 Å². The van der Waals surface area contributed by atoms with Crippen LogP contribution in [0.4, 0.5) is 0 Å². The first-order valence-electron chi connectivity index (χ1n) is 8.08. The number of hydrogen-bond donors (Lipinski definition) is 2. The van der Waals surface area contributed by atoms with Gasteiger partial charge in [0.05, 0.1) is 6.54 Å². The Morgan fingerprint density at radius 3 is 2.61 bits per heavy atom. The van der Waals surface area contributed by atoms with Gasteiger partial charge in [-0.15, -0.1) is 35.0 Å². The molecule has 3 N–H and O–H groups in total. The SMILES string of the molecule is Cl.Cl.NCC1(CC(=O)NCc2nncn2C2CC2)CCCCC1. The predicted octanol–water partition coefficient (Wildman–Crippen LogP) is 2.37. The number of rotatable bonds is 6. The molecule has 0 spiro atoms. The zero-order chi connectivity index (χ0) is 14.7. The number of nitrogens with zero attached hydrogens (tertiary/aromatic N) is 3. The lowest BCUT2D eigenvalue weighted by Crippen LogP contribution is -2.38. The van der Waals surface area contributed by atoms with Gasteiger partial charge >= 0.3 is 0 Å². The van der Waals surface area contributed by atoms with Gasteiger partial charge in [0, 0.05) is 12.5 Å². The largest absolute Gasteiger partial charge is 0.349 e. The van der Waals surface area contributed by atoms with E-state index in [1.807, 2.05) is 0 Å². The molecule has 1 aromatic heterocycles. The van der Waals surface area contributed by atoms with Crippen molar-refractivity contribution in [1.29, 1.82) is 0 Å². The van der Waals surface area contributed by atoms with Gasteiger partial charge in [0.15, 0.2) is 5.82 Å². The molecule has 2 aliphatic carbocycles. The maximum Gasteiger partial charge on any atom is 0.220 e. The Hall–Kier alpha value is -0.850. The molecule has 132 valence electrons. The topological polar surface area (TPSA) is 85.8 Å². The molecule has 2 aliphatic rings. The summed E-state index contributed by atoms with van der Waals surface area (Å²) in [6.07, 6.45) is 10.5. The Morgan fingerprint density at radius 2 is 2.00 bits per heavy atom. The van der Waals surface area contributed by atoms with Crippen LogP contribution in [-0.2, 0) is 11.3 Å². The Morgan fingerprint density at radius 1 is 1.30 bits per heavy atom. The number of carbonyl (C=O) groups excluding carboxylic acids is 1. The Balaban J connectivity index is 0.00000132. The third-order valence-electron chi connectivity index (χ3n) is 4.91. The first kappa shape index (κ1) is 20.2. The monoisotopic (exact) mass is 363 g/mol. The van der Waals surface area contributed by atoms with E-state index >= 15 is 0 Å². The summed E-state index contributed by atoms with van der Waals surface area (Å²) in [6, 6.07) is 0.542. The average molecular weight is 364 g/mol. The molecule has 2 saturated carbocycles. The fourth-order valence-electron chi connectivity index (χ4n) is 3.39. The minimum absolute atomic E-state index is 0. The number of aromatic nitrogens is 3. The molecular weight excluding hydrogens is 337 g/mol. The second-order valence-electron chi connectivity index (χ2n) is 6.60. The van der Waals surface area contributed by atoms with E-state index in [1.54, 1.807) is 6.33 Å². The number of halogens is 2. The summed E-state index contributed by atoms with van der Waals surface area (Å²) in [5, 5.41) is 11.1. The van der Waals surface area contributed by atoms with Gasteiger partial charge in [0.1, 0.15) is 6.33 Å². The molecule has 0 saturated heterocycles. The minimum atomic E-state index is 0. The van der Waals surface area contributed by atoms with Crippen LogP contribution < -0.4 is 11.1 Å². The van der Waals surface area contributed by atoms with E-state index in [0.29, 0.717) is 25.6 Å².